The molecular weight excluding hydrogens is 458 g/mol. The molecule has 33 heavy (non-hydrogen) atoms. The number of hydrogen-bond donors (Lipinski definition) is 2. The molecule has 1 saturated carbocycles. The predicted octanol–water partition coefficient (Wildman–Crippen LogP) is 3.78. The molecule has 0 spiro atoms. The van der Waals surface area contributed by atoms with Gasteiger partial charge < -0.3 is 14.8 Å². The molecule has 1 aromatic carbocycles. The van der Waals surface area contributed by atoms with Gasteiger partial charge >= 0.3 is 18.5 Å². The highest BCUT2D eigenvalue weighted by molar-refractivity contribution is 5.82. The van der Waals surface area contributed by atoms with E-state index >= 15 is 0 Å². The summed E-state index contributed by atoms with van der Waals surface area (Å²) < 4.78 is 83.7. The van der Waals surface area contributed by atoms with E-state index < -0.39 is 48.0 Å². The van der Waals surface area contributed by atoms with Crippen LogP contribution in [0.15, 0.2) is 16.5 Å². The van der Waals surface area contributed by atoms with Crippen LogP contribution in [0.3, 0.4) is 0 Å². The number of halogens is 6. The first kappa shape index (κ1) is 23.5. The van der Waals surface area contributed by atoms with E-state index in [0.717, 1.165) is 6.07 Å². The second-order valence-corrected chi connectivity index (χ2v) is 8.31. The summed E-state index contributed by atoms with van der Waals surface area (Å²) in [5, 5.41) is 20.0. The van der Waals surface area contributed by atoms with Crippen molar-refractivity contribution in [3.63, 3.8) is 0 Å². The number of nitrogens with zero attached hydrogens (tertiary/aromatic N) is 3. The molecule has 0 saturated heterocycles. The van der Waals surface area contributed by atoms with E-state index in [0.29, 0.717) is 19.3 Å². The van der Waals surface area contributed by atoms with Crippen LogP contribution in [0.25, 0.3) is 11.5 Å². The van der Waals surface area contributed by atoms with Crippen LogP contribution >= 0.6 is 0 Å². The summed E-state index contributed by atoms with van der Waals surface area (Å²) in [6.45, 7) is 1.24. The van der Waals surface area contributed by atoms with Gasteiger partial charge in [-0.2, -0.15) is 22.0 Å². The topological polar surface area (TPSA) is 91.5 Å². The van der Waals surface area contributed by atoms with Gasteiger partial charge in [-0.25, -0.2) is 4.39 Å². The van der Waals surface area contributed by atoms with Gasteiger partial charge in [-0.1, -0.05) is 12.8 Å². The molecule has 0 radical (unpaired) electrons. The zero-order chi connectivity index (χ0) is 24.1. The molecule has 2 aromatic rings. The Labute approximate surface area is 183 Å². The lowest BCUT2D eigenvalue weighted by atomic mass is 9.88. The number of hydrogen-bond acceptors (Lipinski definition) is 6. The Morgan fingerprint density at radius 3 is 2.61 bits per heavy atom. The molecule has 180 valence electrons. The van der Waals surface area contributed by atoms with Crippen molar-refractivity contribution in [2.24, 2.45) is 0 Å². The monoisotopic (exact) mass is 478 g/mol. The van der Waals surface area contributed by atoms with Gasteiger partial charge in [-0.3, -0.25) is 9.69 Å². The zero-order valence-corrected chi connectivity index (χ0v) is 17.3. The molecule has 4 rings (SSSR count). The Morgan fingerprint density at radius 2 is 1.97 bits per heavy atom. The maximum absolute atomic E-state index is 15.0. The first-order valence-electron chi connectivity index (χ1n) is 10.2. The van der Waals surface area contributed by atoms with Crippen LogP contribution in [0.1, 0.15) is 56.1 Å². The van der Waals surface area contributed by atoms with Gasteiger partial charge in [0.05, 0.1) is 0 Å². The predicted molar refractivity (Wildman–Crippen MR) is 100 cm³/mol. The fourth-order valence-electron chi connectivity index (χ4n) is 4.60. The summed E-state index contributed by atoms with van der Waals surface area (Å²) in [4.78, 5) is 13.0. The Balaban J connectivity index is 1.65. The van der Waals surface area contributed by atoms with E-state index in [1.54, 1.807) is 0 Å². The molecule has 1 fully saturated rings. The number of fused-ring (bicyclic) bond motifs is 1. The number of amides is 1. The highest BCUT2D eigenvalue weighted by Crippen LogP contribution is 2.44. The van der Waals surface area contributed by atoms with Gasteiger partial charge in [-0.15, -0.1) is 10.2 Å². The van der Waals surface area contributed by atoms with Crippen LogP contribution in [0.2, 0.25) is 0 Å². The van der Waals surface area contributed by atoms with Crippen molar-refractivity contribution in [2.45, 2.75) is 69.6 Å². The van der Waals surface area contributed by atoms with E-state index in [4.69, 9.17) is 4.42 Å². The molecule has 1 aliphatic carbocycles. The van der Waals surface area contributed by atoms with Crippen molar-refractivity contribution >= 4 is 5.91 Å². The van der Waals surface area contributed by atoms with Gasteiger partial charge in [0.1, 0.15) is 11.5 Å². The fraction of sp³-hybridized carbons (Fsp3) is 0.550. The van der Waals surface area contributed by atoms with Crippen LogP contribution in [0.5, 0.6) is 0 Å². The van der Waals surface area contributed by atoms with Crippen LogP contribution in [0, 0.1) is 5.82 Å². The summed E-state index contributed by atoms with van der Waals surface area (Å²) >= 11 is 0. The van der Waals surface area contributed by atoms with Gasteiger partial charge in [-0.05, 0) is 31.9 Å². The molecule has 3 atom stereocenters. The first-order chi connectivity index (χ1) is 15.4. The van der Waals surface area contributed by atoms with Gasteiger partial charge in [0.25, 0.3) is 5.89 Å². The number of carbonyl (C=O) groups excluding carboxylic acids is 1. The van der Waals surface area contributed by atoms with E-state index in [1.807, 2.05) is 5.32 Å². The van der Waals surface area contributed by atoms with Crippen LogP contribution in [-0.4, -0.2) is 44.4 Å². The van der Waals surface area contributed by atoms with Gasteiger partial charge in [0, 0.05) is 35.3 Å². The fourth-order valence-corrected chi connectivity index (χ4v) is 4.60. The van der Waals surface area contributed by atoms with Crippen molar-refractivity contribution in [1.29, 1.82) is 0 Å². The number of benzene rings is 1. The Hall–Kier alpha value is -2.67. The maximum Gasteiger partial charge on any atom is 0.471 e. The highest BCUT2D eigenvalue weighted by Gasteiger charge is 2.49. The molecule has 13 heteroatoms. The SMILES string of the molecule is CC1(O)c2cc(-c3nnc(C(F)F)o3)cc(F)c2CN1C1CCCC[C@H]1NC(=O)C(F)(F)F. The highest BCUT2D eigenvalue weighted by atomic mass is 19.4. The summed E-state index contributed by atoms with van der Waals surface area (Å²) in [6, 6.07) is 0.739. The van der Waals surface area contributed by atoms with Crippen molar-refractivity contribution in [2.75, 3.05) is 0 Å². The number of rotatable bonds is 4. The molecule has 2 N–H and O–H groups in total. The van der Waals surface area contributed by atoms with Crippen molar-refractivity contribution in [1.82, 2.24) is 20.4 Å². The van der Waals surface area contributed by atoms with Crippen molar-refractivity contribution in [3.8, 4) is 11.5 Å². The molecule has 2 aliphatic rings. The Morgan fingerprint density at radius 1 is 1.27 bits per heavy atom. The zero-order valence-electron chi connectivity index (χ0n) is 17.3. The Kier molecular flexibility index (Phi) is 5.89. The van der Waals surface area contributed by atoms with E-state index in [1.165, 1.54) is 17.9 Å². The molecule has 1 aromatic heterocycles. The summed E-state index contributed by atoms with van der Waals surface area (Å²) in [5.74, 6) is -4.15. The second kappa shape index (κ2) is 8.28. The summed E-state index contributed by atoms with van der Waals surface area (Å²) in [5.41, 5.74) is -1.65. The van der Waals surface area contributed by atoms with E-state index in [9.17, 15) is 36.2 Å². The molecule has 1 amide bonds. The molecule has 2 heterocycles. The van der Waals surface area contributed by atoms with Gasteiger partial charge in [0.15, 0.2) is 0 Å². The van der Waals surface area contributed by atoms with Crippen LogP contribution < -0.4 is 5.32 Å². The number of nitrogens with one attached hydrogen (secondary N) is 1. The number of alkyl halides is 5. The molecule has 7 nitrogen and oxygen atoms in total. The lowest BCUT2D eigenvalue weighted by Gasteiger charge is -2.43. The molecular formula is C20H20F6N4O3. The second-order valence-electron chi connectivity index (χ2n) is 8.31. The van der Waals surface area contributed by atoms with E-state index in [2.05, 4.69) is 10.2 Å². The molecule has 0 bridgehead atoms. The van der Waals surface area contributed by atoms with E-state index in [-0.39, 0.29) is 35.5 Å². The maximum atomic E-state index is 15.0. The minimum absolute atomic E-state index is 0.0293. The number of aromatic nitrogens is 2. The van der Waals surface area contributed by atoms with Gasteiger partial charge in [0.2, 0.25) is 5.89 Å². The third-order valence-corrected chi connectivity index (χ3v) is 6.17. The van der Waals surface area contributed by atoms with Crippen molar-refractivity contribution in [3.05, 3.63) is 35.0 Å². The normalized spacial score (nSPS) is 26.0. The average molecular weight is 478 g/mol. The minimum atomic E-state index is -5.05. The minimum Gasteiger partial charge on any atom is -0.415 e. The largest absolute Gasteiger partial charge is 0.471 e. The first-order valence-corrected chi connectivity index (χ1v) is 10.2. The average Bonchev–Trinajstić information content (AvgIpc) is 3.32. The third-order valence-electron chi connectivity index (χ3n) is 6.17. The lowest BCUT2D eigenvalue weighted by molar-refractivity contribution is -0.176. The quantitative estimate of drug-likeness (QED) is 0.650. The summed E-state index contributed by atoms with van der Waals surface area (Å²) in [7, 11) is 0. The van der Waals surface area contributed by atoms with Crippen LogP contribution in [-0.2, 0) is 17.1 Å². The molecule has 2 unspecified atom stereocenters. The number of aliphatic hydroxyl groups is 1. The third kappa shape index (κ3) is 4.31. The molecule has 1 aliphatic heterocycles. The Bertz CT molecular complexity index is 1050. The lowest BCUT2D eigenvalue weighted by Crippen LogP contribution is -2.58. The summed E-state index contributed by atoms with van der Waals surface area (Å²) in [6.07, 6.45) is -6.19. The number of carbonyl (C=O) groups is 1. The standard InChI is InChI=1S/C20H20F6N4O3/c1-19(32)11-6-9(16-28-29-17(33-16)15(22)23)7-12(21)10(11)8-30(19)14-5-3-2-4-13(14)27-18(31)20(24,25)26/h6-7,13-15,32H,2-5,8H2,1H3,(H,27,31)/t13-,14?,19?/m1/s1. The van der Waals surface area contributed by atoms with Crippen molar-refractivity contribution < 1.29 is 40.7 Å². The smallest absolute Gasteiger partial charge is 0.415 e. The van der Waals surface area contributed by atoms with Crippen LogP contribution in [0.4, 0.5) is 26.3 Å².